The monoisotopic (exact) mass is 472 g/mol. The van der Waals surface area contributed by atoms with Crippen LogP contribution in [0.5, 0.6) is 0 Å². The second kappa shape index (κ2) is 12.9. The highest BCUT2D eigenvalue weighted by Gasteiger charge is 2.27. The first-order valence-electron chi connectivity index (χ1n) is 11.5. The molecule has 172 valence electrons. The zero-order valence-electron chi connectivity index (χ0n) is 18.8. The lowest BCUT2D eigenvalue weighted by atomic mass is 9.95. The summed E-state index contributed by atoms with van der Waals surface area (Å²) in [6.07, 6.45) is 6.37. The van der Waals surface area contributed by atoms with Crippen molar-refractivity contribution in [3.8, 4) is 0 Å². The van der Waals surface area contributed by atoms with Crippen LogP contribution < -0.4 is 5.32 Å². The van der Waals surface area contributed by atoms with Gasteiger partial charge in [-0.2, -0.15) is 0 Å². The molecule has 1 atom stereocenters. The molecule has 1 aliphatic rings. The molecule has 32 heavy (non-hydrogen) atoms. The summed E-state index contributed by atoms with van der Waals surface area (Å²) in [6, 6.07) is 17.6. The van der Waals surface area contributed by atoms with Crippen LogP contribution in [0, 0.1) is 0 Å². The third-order valence-electron chi connectivity index (χ3n) is 6.01. The Kier molecular flexibility index (Phi) is 9.94. The van der Waals surface area contributed by atoms with Gasteiger partial charge in [-0.15, -0.1) is 11.8 Å². The van der Waals surface area contributed by atoms with E-state index in [1.807, 2.05) is 49.4 Å². The Morgan fingerprint density at radius 3 is 2.41 bits per heavy atom. The second-order valence-corrected chi connectivity index (χ2v) is 9.88. The first-order chi connectivity index (χ1) is 15.5. The highest BCUT2D eigenvalue weighted by molar-refractivity contribution is 7.99. The number of hydrogen-bond donors (Lipinski definition) is 1. The molecule has 0 unspecified atom stereocenters. The molecule has 1 aliphatic carbocycles. The molecular formula is C26H33ClN2O2S. The molecule has 0 heterocycles. The molecule has 2 aromatic rings. The van der Waals surface area contributed by atoms with Gasteiger partial charge < -0.3 is 10.2 Å². The number of halogens is 1. The highest BCUT2D eigenvalue weighted by atomic mass is 35.5. The van der Waals surface area contributed by atoms with E-state index in [0.29, 0.717) is 17.3 Å². The fourth-order valence-corrected chi connectivity index (χ4v) is 5.06. The zero-order chi connectivity index (χ0) is 22.8. The Balaban J connectivity index is 1.59. The topological polar surface area (TPSA) is 49.4 Å². The highest BCUT2D eigenvalue weighted by Crippen LogP contribution is 2.19. The van der Waals surface area contributed by atoms with Crippen molar-refractivity contribution in [2.75, 3.05) is 12.3 Å². The van der Waals surface area contributed by atoms with Gasteiger partial charge in [0, 0.05) is 23.4 Å². The van der Waals surface area contributed by atoms with Crippen molar-refractivity contribution >= 4 is 35.2 Å². The van der Waals surface area contributed by atoms with Crippen molar-refractivity contribution < 1.29 is 9.59 Å². The van der Waals surface area contributed by atoms with Crippen LogP contribution >= 0.6 is 23.4 Å². The number of benzene rings is 2. The molecule has 1 fully saturated rings. The minimum absolute atomic E-state index is 0.00573. The fourth-order valence-electron chi connectivity index (χ4n) is 4.06. The van der Waals surface area contributed by atoms with Gasteiger partial charge in [0.1, 0.15) is 6.04 Å². The van der Waals surface area contributed by atoms with E-state index in [4.69, 9.17) is 11.6 Å². The summed E-state index contributed by atoms with van der Waals surface area (Å²) in [5.41, 5.74) is 2.30. The van der Waals surface area contributed by atoms with Crippen molar-refractivity contribution in [1.82, 2.24) is 10.2 Å². The molecule has 0 spiro atoms. The molecule has 6 heteroatoms. The van der Waals surface area contributed by atoms with Gasteiger partial charge in [-0.05, 0) is 49.4 Å². The van der Waals surface area contributed by atoms with Crippen LogP contribution in [0.4, 0.5) is 0 Å². The molecule has 1 saturated carbocycles. The van der Waals surface area contributed by atoms with E-state index in [-0.39, 0.29) is 17.9 Å². The van der Waals surface area contributed by atoms with Crippen LogP contribution in [0.1, 0.15) is 50.2 Å². The molecule has 0 aromatic heterocycles. The van der Waals surface area contributed by atoms with Gasteiger partial charge in [-0.3, -0.25) is 9.59 Å². The Morgan fingerprint density at radius 1 is 1.03 bits per heavy atom. The van der Waals surface area contributed by atoms with Gasteiger partial charge in [0.05, 0.1) is 5.75 Å². The summed E-state index contributed by atoms with van der Waals surface area (Å²) in [5.74, 6) is 1.04. The molecular weight excluding hydrogens is 440 g/mol. The van der Waals surface area contributed by atoms with Crippen LogP contribution in [0.2, 0.25) is 5.02 Å². The summed E-state index contributed by atoms with van der Waals surface area (Å²) in [6.45, 7) is 2.38. The molecule has 1 N–H and O–H groups in total. The van der Waals surface area contributed by atoms with E-state index in [1.165, 1.54) is 12.0 Å². The third-order valence-corrected chi connectivity index (χ3v) is 7.25. The van der Waals surface area contributed by atoms with Crippen LogP contribution in [-0.2, 0) is 21.8 Å². The van der Waals surface area contributed by atoms with Crippen molar-refractivity contribution in [3.63, 3.8) is 0 Å². The largest absolute Gasteiger partial charge is 0.352 e. The van der Waals surface area contributed by atoms with Crippen molar-refractivity contribution in [2.24, 2.45) is 0 Å². The Hall–Kier alpha value is -1.98. The summed E-state index contributed by atoms with van der Waals surface area (Å²) in [7, 11) is 0. The molecule has 0 saturated heterocycles. The van der Waals surface area contributed by atoms with Crippen LogP contribution in [0.15, 0.2) is 54.6 Å². The maximum atomic E-state index is 13.2. The minimum Gasteiger partial charge on any atom is -0.352 e. The Morgan fingerprint density at radius 2 is 1.72 bits per heavy atom. The Bertz CT molecular complexity index is 854. The van der Waals surface area contributed by atoms with Crippen molar-refractivity contribution in [1.29, 1.82) is 0 Å². The first-order valence-corrected chi connectivity index (χ1v) is 13.0. The number of carbonyl (C=O) groups excluding carboxylic acids is 2. The summed E-state index contributed by atoms with van der Waals surface area (Å²) >= 11 is 7.52. The number of nitrogens with one attached hydrogen (secondary N) is 1. The standard InChI is InChI=1S/C26H33ClN2O2S/c1-20(26(31)28-24-10-6-3-7-11-24)29(17-16-21-8-4-2-5-9-21)25(30)19-32-18-22-12-14-23(27)15-13-22/h2,4-5,8-9,12-15,20,24H,3,6-7,10-11,16-19H2,1H3,(H,28,31)/t20-/m1/s1. The predicted octanol–water partition coefficient (Wildman–Crippen LogP) is 5.48. The average molecular weight is 473 g/mol. The Labute approximate surface area is 201 Å². The maximum Gasteiger partial charge on any atom is 0.242 e. The lowest BCUT2D eigenvalue weighted by Gasteiger charge is -2.31. The third kappa shape index (κ3) is 7.86. The number of nitrogens with zero attached hydrogens (tertiary/aromatic N) is 1. The second-order valence-electron chi connectivity index (χ2n) is 8.46. The van der Waals surface area contributed by atoms with Gasteiger partial charge in [-0.1, -0.05) is 73.3 Å². The normalized spacial score (nSPS) is 15.2. The van der Waals surface area contributed by atoms with Gasteiger partial charge in [-0.25, -0.2) is 0 Å². The SMILES string of the molecule is C[C@H](C(=O)NC1CCCCC1)N(CCc1ccccc1)C(=O)CSCc1ccc(Cl)cc1. The number of amides is 2. The quantitative estimate of drug-likeness (QED) is 0.498. The number of thioether (sulfide) groups is 1. The fraction of sp³-hybridized carbons (Fsp3) is 0.462. The summed E-state index contributed by atoms with van der Waals surface area (Å²) < 4.78 is 0. The van der Waals surface area contributed by atoms with E-state index in [0.717, 1.165) is 43.4 Å². The molecule has 0 radical (unpaired) electrons. The first kappa shape index (κ1) is 24.7. The number of carbonyl (C=O) groups is 2. The summed E-state index contributed by atoms with van der Waals surface area (Å²) in [4.78, 5) is 27.9. The van der Waals surface area contributed by atoms with Gasteiger partial charge in [0.25, 0.3) is 0 Å². The lowest BCUT2D eigenvalue weighted by Crippen LogP contribution is -2.51. The number of rotatable bonds is 10. The van der Waals surface area contributed by atoms with Crippen LogP contribution in [0.25, 0.3) is 0 Å². The smallest absolute Gasteiger partial charge is 0.242 e. The number of hydrogen-bond acceptors (Lipinski definition) is 3. The molecule has 3 rings (SSSR count). The van der Waals surface area contributed by atoms with E-state index in [2.05, 4.69) is 17.4 Å². The van der Waals surface area contributed by atoms with Gasteiger partial charge in [0.15, 0.2) is 0 Å². The minimum atomic E-state index is -0.482. The van der Waals surface area contributed by atoms with Crippen LogP contribution in [0.3, 0.4) is 0 Å². The predicted molar refractivity (Wildman–Crippen MR) is 134 cm³/mol. The zero-order valence-corrected chi connectivity index (χ0v) is 20.3. The van der Waals surface area contributed by atoms with E-state index >= 15 is 0 Å². The van der Waals surface area contributed by atoms with E-state index in [1.54, 1.807) is 16.7 Å². The molecule has 0 aliphatic heterocycles. The molecule has 0 bridgehead atoms. The maximum absolute atomic E-state index is 13.2. The lowest BCUT2D eigenvalue weighted by molar-refractivity contribution is -0.138. The van der Waals surface area contributed by atoms with Gasteiger partial charge in [0.2, 0.25) is 11.8 Å². The van der Waals surface area contributed by atoms with E-state index in [9.17, 15) is 9.59 Å². The molecule has 2 aromatic carbocycles. The van der Waals surface area contributed by atoms with Gasteiger partial charge >= 0.3 is 0 Å². The van der Waals surface area contributed by atoms with E-state index < -0.39 is 6.04 Å². The molecule has 2 amide bonds. The van der Waals surface area contributed by atoms with Crippen molar-refractivity contribution in [3.05, 3.63) is 70.7 Å². The average Bonchev–Trinajstić information content (AvgIpc) is 2.81. The summed E-state index contributed by atoms with van der Waals surface area (Å²) in [5, 5.41) is 3.90. The van der Waals surface area contributed by atoms with Crippen LogP contribution in [-0.4, -0.2) is 41.1 Å². The molecule has 4 nitrogen and oxygen atoms in total. The van der Waals surface area contributed by atoms with Crippen molar-refractivity contribution in [2.45, 2.75) is 63.3 Å².